The van der Waals surface area contributed by atoms with E-state index in [9.17, 15) is 9.59 Å². The number of hydrogen-bond donors (Lipinski definition) is 2. The number of nitrogens with one attached hydrogen (secondary N) is 2. The Bertz CT molecular complexity index is 506. The Hall–Kier alpha value is -1.84. The summed E-state index contributed by atoms with van der Waals surface area (Å²) in [6.45, 7) is 5.54. The van der Waals surface area contributed by atoms with Crippen molar-refractivity contribution < 1.29 is 9.59 Å². The van der Waals surface area contributed by atoms with Gasteiger partial charge in [-0.2, -0.15) is 0 Å². The highest BCUT2D eigenvalue weighted by atomic mass is 16.2. The standard InChI is InChI=1S/C17H24N2O2/c1-11-4-6-15(7-5-11)16(19-13(3)20)10-17(21)18-12(2)14-8-9-14/h4-7,12,14,16H,8-10H2,1-3H3,(H,18,21)(H,19,20)/t12-,16-/m1/s1. The molecule has 1 aliphatic carbocycles. The summed E-state index contributed by atoms with van der Waals surface area (Å²) in [4.78, 5) is 23.5. The lowest BCUT2D eigenvalue weighted by Crippen LogP contribution is -2.37. The molecule has 1 saturated carbocycles. The highest BCUT2D eigenvalue weighted by Crippen LogP contribution is 2.32. The molecule has 4 heteroatoms. The minimum atomic E-state index is -0.269. The molecule has 1 fully saturated rings. The molecule has 1 aromatic rings. The van der Waals surface area contributed by atoms with Crippen molar-refractivity contribution in [1.29, 1.82) is 0 Å². The predicted molar refractivity (Wildman–Crippen MR) is 82.7 cm³/mol. The summed E-state index contributed by atoms with van der Waals surface area (Å²) >= 11 is 0. The molecule has 2 atom stereocenters. The quantitative estimate of drug-likeness (QED) is 0.845. The third kappa shape index (κ3) is 4.88. The Morgan fingerprint density at radius 2 is 1.81 bits per heavy atom. The minimum absolute atomic E-state index is 0.00581. The van der Waals surface area contributed by atoms with Crippen molar-refractivity contribution >= 4 is 11.8 Å². The molecule has 0 heterocycles. The zero-order valence-electron chi connectivity index (χ0n) is 13.0. The van der Waals surface area contributed by atoms with Crippen LogP contribution in [0.4, 0.5) is 0 Å². The Balaban J connectivity index is 1.99. The molecule has 0 radical (unpaired) electrons. The number of benzene rings is 1. The summed E-state index contributed by atoms with van der Waals surface area (Å²) < 4.78 is 0. The van der Waals surface area contributed by atoms with Gasteiger partial charge in [-0.15, -0.1) is 0 Å². The van der Waals surface area contributed by atoms with E-state index in [2.05, 4.69) is 17.6 Å². The number of rotatable bonds is 6. The number of amides is 2. The van der Waals surface area contributed by atoms with Gasteiger partial charge in [0, 0.05) is 13.0 Å². The lowest BCUT2D eigenvalue weighted by Gasteiger charge is -2.20. The first-order valence-corrected chi connectivity index (χ1v) is 7.58. The smallest absolute Gasteiger partial charge is 0.222 e. The van der Waals surface area contributed by atoms with Gasteiger partial charge >= 0.3 is 0 Å². The second-order valence-electron chi connectivity index (χ2n) is 6.06. The fraction of sp³-hybridized carbons (Fsp3) is 0.529. The number of carbonyl (C=O) groups excluding carboxylic acids is 2. The first-order valence-electron chi connectivity index (χ1n) is 7.58. The van der Waals surface area contributed by atoms with Gasteiger partial charge in [0.25, 0.3) is 0 Å². The van der Waals surface area contributed by atoms with Crippen LogP contribution in [0.1, 0.15) is 50.3 Å². The van der Waals surface area contributed by atoms with Crippen LogP contribution in [0.3, 0.4) is 0 Å². The molecular weight excluding hydrogens is 264 g/mol. The average molecular weight is 288 g/mol. The molecule has 0 spiro atoms. The van der Waals surface area contributed by atoms with Crippen LogP contribution in [-0.4, -0.2) is 17.9 Å². The van der Waals surface area contributed by atoms with Crippen molar-refractivity contribution in [2.24, 2.45) is 5.92 Å². The maximum absolute atomic E-state index is 12.2. The van der Waals surface area contributed by atoms with E-state index in [1.165, 1.54) is 19.8 Å². The van der Waals surface area contributed by atoms with E-state index < -0.39 is 0 Å². The van der Waals surface area contributed by atoms with Gasteiger partial charge in [-0.1, -0.05) is 29.8 Å². The van der Waals surface area contributed by atoms with E-state index in [1.54, 1.807) is 0 Å². The number of carbonyl (C=O) groups is 2. The van der Waals surface area contributed by atoms with Crippen molar-refractivity contribution in [3.63, 3.8) is 0 Å². The highest BCUT2D eigenvalue weighted by Gasteiger charge is 2.29. The largest absolute Gasteiger partial charge is 0.353 e. The molecule has 0 aromatic heterocycles. The molecular formula is C17H24N2O2. The molecule has 1 aliphatic rings. The molecule has 114 valence electrons. The zero-order valence-corrected chi connectivity index (χ0v) is 13.0. The van der Waals surface area contributed by atoms with Crippen LogP contribution in [0, 0.1) is 12.8 Å². The van der Waals surface area contributed by atoms with Crippen molar-refractivity contribution in [2.45, 2.75) is 52.1 Å². The molecule has 4 nitrogen and oxygen atoms in total. The first kappa shape index (κ1) is 15.5. The van der Waals surface area contributed by atoms with E-state index in [1.807, 2.05) is 31.2 Å². The van der Waals surface area contributed by atoms with Gasteiger partial charge in [0.2, 0.25) is 11.8 Å². The van der Waals surface area contributed by atoms with Gasteiger partial charge < -0.3 is 10.6 Å². The maximum Gasteiger partial charge on any atom is 0.222 e. The second kappa shape index (κ2) is 6.74. The molecule has 0 aliphatic heterocycles. The van der Waals surface area contributed by atoms with Crippen LogP contribution < -0.4 is 10.6 Å². The van der Waals surface area contributed by atoms with Gasteiger partial charge in [-0.3, -0.25) is 9.59 Å². The van der Waals surface area contributed by atoms with Gasteiger partial charge in [0.1, 0.15) is 0 Å². The van der Waals surface area contributed by atoms with Crippen LogP contribution in [0.25, 0.3) is 0 Å². The number of aryl methyl sites for hydroxylation is 1. The van der Waals surface area contributed by atoms with E-state index in [4.69, 9.17) is 0 Å². The molecule has 1 aromatic carbocycles. The molecule has 0 saturated heterocycles. The predicted octanol–water partition coefficient (Wildman–Crippen LogP) is 2.48. The minimum Gasteiger partial charge on any atom is -0.353 e. The molecule has 0 bridgehead atoms. The van der Waals surface area contributed by atoms with Crippen LogP contribution in [-0.2, 0) is 9.59 Å². The summed E-state index contributed by atoms with van der Waals surface area (Å²) in [5.41, 5.74) is 2.12. The van der Waals surface area contributed by atoms with Gasteiger partial charge in [-0.25, -0.2) is 0 Å². The molecule has 2 rings (SSSR count). The molecule has 21 heavy (non-hydrogen) atoms. The van der Waals surface area contributed by atoms with Gasteiger partial charge in [-0.05, 0) is 38.2 Å². The zero-order chi connectivity index (χ0) is 15.4. The summed E-state index contributed by atoms with van der Waals surface area (Å²) in [7, 11) is 0. The van der Waals surface area contributed by atoms with Crippen molar-refractivity contribution in [1.82, 2.24) is 10.6 Å². The monoisotopic (exact) mass is 288 g/mol. The lowest BCUT2D eigenvalue weighted by molar-refractivity contribution is -0.123. The lowest BCUT2D eigenvalue weighted by atomic mass is 10.0. The summed E-state index contributed by atoms with van der Waals surface area (Å²) in [5, 5.41) is 5.90. The van der Waals surface area contributed by atoms with Crippen LogP contribution in [0.5, 0.6) is 0 Å². The van der Waals surface area contributed by atoms with Crippen LogP contribution >= 0.6 is 0 Å². The second-order valence-corrected chi connectivity index (χ2v) is 6.06. The van der Waals surface area contributed by atoms with E-state index >= 15 is 0 Å². The summed E-state index contributed by atoms with van der Waals surface area (Å²) in [6, 6.07) is 7.88. The van der Waals surface area contributed by atoms with Crippen LogP contribution in [0.2, 0.25) is 0 Å². The highest BCUT2D eigenvalue weighted by molar-refractivity contribution is 5.79. The Morgan fingerprint density at radius 3 is 2.33 bits per heavy atom. The van der Waals surface area contributed by atoms with Crippen molar-refractivity contribution in [3.05, 3.63) is 35.4 Å². The molecule has 2 amide bonds. The van der Waals surface area contributed by atoms with Crippen LogP contribution in [0.15, 0.2) is 24.3 Å². The van der Waals surface area contributed by atoms with Crippen molar-refractivity contribution in [2.75, 3.05) is 0 Å². The molecule has 0 unspecified atom stereocenters. The topological polar surface area (TPSA) is 58.2 Å². The van der Waals surface area contributed by atoms with Gasteiger partial charge in [0.05, 0.1) is 12.5 Å². The van der Waals surface area contributed by atoms with Crippen molar-refractivity contribution in [3.8, 4) is 0 Å². The fourth-order valence-corrected chi connectivity index (χ4v) is 2.51. The SMILES string of the molecule is CC(=O)N[C@H](CC(=O)N[C@H](C)C1CC1)c1ccc(C)cc1. The van der Waals surface area contributed by atoms with Gasteiger partial charge in [0.15, 0.2) is 0 Å². The Kier molecular flexibility index (Phi) is 4.99. The Morgan fingerprint density at radius 1 is 1.19 bits per heavy atom. The maximum atomic E-state index is 12.2. The Labute approximate surface area is 126 Å². The normalized spacial score (nSPS) is 16.9. The third-order valence-electron chi connectivity index (χ3n) is 3.96. The first-order chi connectivity index (χ1) is 9.95. The third-order valence-corrected chi connectivity index (χ3v) is 3.96. The van der Waals surface area contributed by atoms with E-state index in [0.717, 1.165) is 11.1 Å². The molecule has 2 N–H and O–H groups in total. The number of hydrogen-bond acceptors (Lipinski definition) is 2. The van der Waals surface area contributed by atoms with E-state index in [-0.39, 0.29) is 30.3 Å². The average Bonchev–Trinajstić information content (AvgIpc) is 3.22. The summed E-state index contributed by atoms with van der Waals surface area (Å²) in [6.07, 6.45) is 2.68. The summed E-state index contributed by atoms with van der Waals surface area (Å²) in [5.74, 6) is 0.505. The fourth-order valence-electron chi connectivity index (χ4n) is 2.51. The van der Waals surface area contributed by atoms with E-state index in [0.29, 0.717) is 5.92 Å².